The highest BCUT2D eigenvalue weighted by atomic mass is 32.3. The highest BCUT2D eigenvalue weighted by Crippen LogP contribution is 2.46. The SMILES string of the molecule is CC1=Nc2ccccc2C1=CC=C1N(C)c2ccccc2C1(C)C.O=S(=O)([O-])O. The van der Waals surface area contributed by atoms with Crippen molar-refractivity contribution in [1.82, 2.24) is 0 Å². The van der Waals surface area contributed by atoms with E-state index in [1.807, 2.05) is 6.07 Å². The standard InChI is InChI=1S/C22H22N2.H2O4S/c1-15-16(17-9-5-7-11-19(17)23-15)13-14-21-22(2,3)18-10-6-8-12-20(18)24(21)4;1-5(2,3)4/h5-14H,1-4H3;(H2,1,2,3,4)/p-1. The van der Waals surface area contributed by atoms with E-state index in [1.54, 1.807) is 0 Å². The van der Waals surface area contributed by atoms with Gasteiger partial charge in [-0.25, -0.2) is 8.42 Å². The maximum absolute atomic E-state index is 8.63. The number of nitrogens with zero attached hydrogens (tertiary/aromatic N) is 2. The van der Waals surface area contributed by atoms with Gasteiger partial charge >= 0.3 is 0 Å². The summed E-state index contributed by atoms with van der Waals surface area (Å²) in [4.78, 5) is 6.98. The predicted molar refractivity (Wildman–Crippen MR) is 115 cm³/mol. The van der Waals surface area contributed by atoms with Crippen molar-refractivity contribution < 1.29 is 17.5 Å². The number of anilines is 1. The summed E-state index contributed by atoms with van der Waals surface area (Å²) in [5.74, 6) is 0. The summed E-state index contributed by atoms with van der Waals surface area (Å²) >= 11 is 0. The van der Waals surface area contributed by atoms with Crippen LogP contribution in [0.4, 0.5) is 11.4 Å². The summed E-state index contributed by atoms with van der Waals surface area (Å²) in [6, 6.07) is 17.0. The third-order valence-corrected chi connectivity index (χ3v) is 5.22. The molecule has 0 fully saturated rings. The molecule has 6 nitrogen and oxygen atoms in total. The zero-order valence-corrected chi connectivity index (χ0v) is 17.6. The predicted octanol–water partition coefficient (Wildman–Crippen LogP) is 4.49. The zero-order valence-electron chi connectivity index (χ0n) is 16.7. The lowest BCUT2D eigenvalue weighted by Crippen LogP contribution is -2.22. The molecule has 2 aliphatic rings. The average molecular weight is 412 g/mol. The number of aliphatic imine (C=N–C) groups is 1. The van der Waals surface area contributed by atoms with Crippen LogP contribution >= 0.6 is 0 Å². The van der Waals surface area contributed by atoms with E-state index in [2.05, 4.69) is 92.3 Å². The van der Waals surface area contributed by atoms with Crippen LogP contribution in [0.5, 0.6) is 0 Å². The molecule has 0 bridgehead atoms. The molecule has 0 aliphatic carbocycles. The molecule has 7 heteroatoms. The number of hydrogen-bond donors (Lipinski definition) is 1. The van der Waals surface area contributed by atoms with Crippen LogP contribution in [0.15, 0.2) is 71.4 Å². The monoisotopic (exact) mass is 411 g/mol. The highest BCUT2D eigenvalue weighted by Gasteiger charge is 2.37. The molecule has 0 saturated carbocycles. The van der Waals surface area contributed by atoms with E-state index in [1.165, 1.54) is 28.1 Å². The van der Waals surface area contributed by atoms with Crippen LogP contribution in [0.25, 0.3) is 5.57 Å². The zero-order chi connectivity index (χ0) is 21.4. The quantitative estimate of drug-likeness (QED) is 0.551. The first-order valence-corrected chi connectivity index (χ1v) is 10.5. The van der Waals surface area contributed by atoms with Crippen molar-refractivity contribution in [2.24, 2.45) is 4.99 Å². The second kappa shape index (κ2) is 7.59. The van der Waals surface area contributed by atoms with Gasteiger partial charge in [0.25, 0.3) is 0 Å². The first-order valence-electron chi connectivity index (χ1n) is 9.09. The van der Waals surface area contributed by atoms with Crippen molar-refractivity contribution in [2.75, 3.05) is 11.9 Å². The van der Waals surface area contributed by atoms with Crippen LogP contribution in [0, 0.1) is 0 Å². The number of rotatable bonds is 1. The van der Waals surface area contributed by atoms with Gasteiger partial charge in [0.05, 0.1) is 5.69 Å². The molecule has 2 aromatic rings. The molecule has 2 heterocycles. The van der Waals surface area contributed by atoms with Crippen LogP contribution in [-0.4, -0.2) is 30.3 Å². The molecule has 29 heavy (non-hydrogen) atoms. The first-order chi connectivity index (χ1) is 13.5. The Hall–Kier alpha value is -2.74. The second-order valence-corrected chi connectivity index (χ2v) is 8.33. The van der Waals surface area contributed by atoms with E-state index in [-0.39, 0.29) is 5.41 Å². The summed E-state index contributed by atoms with van der Waals surface area (Å²) < 4.78 is 32.8. The number of para-hydroxylation sites is 2. The van der Waals surface area contributed by atoms with Crippen molar-refractivity contribution in [3.63, 3.8) is 0 Å². The molecule has 4 rings (SSSR count). The minimum Gasteiger partial charge on any atom is -0.726 e. The van der Waals surface area contributed by atoms with E-state index in [0.29, 0.717) is 0 Å². The van der Waals surface area contributed by atoms with Crippen LogP contribution in [-0.2, 0) is 15.8 Å². The van der Waals surface area contributed by atoms with Crippen LogP contribution < -0.4 is 4.90 Å². The fourth-order valence-electron chi connectivity index (χ4n) is 3.91. The Bertz CT molecular complexity index is 1140. The number of allylic oxidation sites excluding steroid dienone is 4. The van der Waals surface area contributed by atoms with Crippen LogP contribution in [0.3, 0.4) is 0 Å². The van der Waals surface area contributed by atoms with E-state index in [4.69, 9.17) is 17.5 Å². The summed E-state index contributed by atoms with van der Waals surface area (Å²) in [7, 11) is -2.76. The molecular weight excluding hydrogens is 388 g/mol. The third-order valence-electron chi connectivity index (χ3n) is 5.22. The fraction of sp³-hybridized carbons (Fsp3) is 0.227. The lowest BCUT2D eigenvalue weighted by Gasteiger charge is -2.23. The van der Waals surface area contributed by atoms with Gasteiger partial charge in [0.2, 0.25) is 10.4 Å². The number of fused-ring (bicyclic) bond motifs is 2. The van der Waals surface area contributed by atoms with Crippen LogP contribution in [0.1, 0.15) is 31.9 Å². The average Bonchev–Trinajstić information content (AvgIpc) is 3.04. The molecule has 0 amide bonds. The Labute approximate surface area is 171 Å². The van der Waals surface area contributed by atoms with Crippen molar-refractivity contribution in [3.8, 4) is 0 Å². The van der Waals surface area contributed by atoms with E-state index in [9.17, 15) is 0 Å². The van der Waals surface area contributed by atoms with Gasteiger partial charge in [-0.3, -0.25) is 9.55 Å². The Balaban J connectivity index is 0.000000431. The number of hydrogen-bond acceptors (Lipinski definition) is 5. The summed E-state index contributed by atoms with van der Waals surface area (Å²) in [6.07, 6.45) is 4.49. The van der Waals surface area contributed by atoms with Crippen molar-refractivity contribution in [2.45, 2.75) is 26.2 Å². The van der Waals surface area contributed by atoms with Gasteiger partial charge in [0.1, 0.15) is 0 Å². The van der Waals surface area contributed by atoms with E-state index >= 15 is 0 Å². The molecule has 0 aromatic heterocycles. The maximum Gasteiger partial charge on any atom is 0.215 e. The van der Waals surface area contributed by atoms with Gasteiger partial charge in [-0.1, -0.05) is 56.3 Å². The smallest absolute Gasteiger partial charge is 0.215 e. The normalized spacial score (nSPS) is 19.5. The van der Waals surface area contributed by atoms with Gasteiger partial charge in [-0.05, 0) is 30.7 Å². The van der Waals surface area contributed by atoms with Crippen molar-refractivity contribution in [1.29, 1.82) is 0 Å². The topological polar surface area (TPSA) is 93.0 Å². The minimum absolute atomic E-state index is 0.00553. The van der Waals surface area contributed by atoms with E-state index < -0.39 is 10.4 Å². The van der Waals surface area contributed by atoms with Gasteiger partial charge in [0.15, 0.2) is 0 Å². The van der Waals surface area contributed by atoms with Gasteiger partial charge in [-0.2, -0.15) is 0 Å². The molecule has 1 N–H and O–H groups in total. The number of benzene rings is 2. The van der Waals surface area contributed by atoms with Gasteiger partial charge in [-0.15, -0.1) is 0 Å². The summed E-state index contributed by atoms with van der Waals surface area (Å²) in [5, 5.41) is 0. The molecule has 2 aromatic carbocycles. The Morgan fingerprint density at radius 3 is 2.31 bits per heavy atom. The summed E-state index contributed by atoms with van der Waals surface area (Å²) in [5.41, 5.74) is 8.60. The molecule has 0 saturated heterocycles. The molecule has 2 aliphatic heterocycles. The largest absolute Gasteiger partial charge is 0.726 e. The lowest BCUT2D eigenvalue weighted by molar-refractivity contribution is 0.366. The Morgan fingerprint density at radius 1 is 1.07 bits per heavy atom. The molecule has 0 atom stereocenters. The van der Waals surface area contributed by atoms with Crippen molar-refractivity contribution >= 4 is 33.1 Å². The number of likely N-dealkylation sites (N-methyl/N-ethyl adjacent to an activating group) is 1. The van der Waals surface area contributed by atoms with Gasteiger partial charge in [0, 0.05) is 40.7 Å². The first kappa shape index (κ1) is 21.0. The Morgan fingerprint density at radius 2 is 1.66 bits per heavy atom. The minimum atomic E-state index is -4.92. The molecule has 0 spiro atoms. The summed E-state index contributed by atoms with van der Waals surface area (Å²) in [6.45, 7) is 6.68. The van der Waals surface area contributed by atoms with Crippen LogP contribution in [0.2, 0.25) is 0 Å². The molecule has 0 unspecified atom stereocenters. The lowest BCUT2D eigenvalue weighted by atomic mass is 9.83. The van der Waals surface area contributed by atoms with E-state index in [0.717, 1.165) is 11.4 Å². The maximum atomic E-state index is 8.63. The highest BCUT2D eigenvalue weighted by molar-refractivity contribution is 7.79. The molecule has 0 radical (unpaired) electrons. The third kappa shape index (κ3) is 4.32. The van der Waals surface area contributed by atoms with Gasteiger partial charge < -0.3 is 9.45 Å². The molecule has 152 valence electrons. The second-order valence-electron chi connectivity index (χ2n) is 7.48. The fourth-order valence-corrected chi connectivity index (χ4v) is 3.91. The van der Waals surface area contributed by atoms with Crippen molar-refractivity contribution in [3.05, 3.63) is 77.5 Å². The molecular formula is C22H23N2O4S-. The Kier molecular flexibility index (Phi) is 5.49.